The molecule has 0 aromatic heterocycles. The summed E-state index contributed by atoms with van der Waals surface area (Å²) in [5.74, 6) is -8.28. The largest absolute Gasteiger partial charge is 0.450 e. The highest BCUT2D eigenvalue weighted by Gasteiger charge is 2.46. The summed E-state index contributed by atoms with van der Waals surface area (Å²) in [6, 6.07) is 0. The van der Waals surface area contributed by atoms with E-state index in [1.165, 1.54) is 27.7 Å². The minimum atomic E-state index is -5.40. The van der Waals surface area contributed by atoms with Gasteiger partial charge in [-0.25, -0.2) is 0 Å². The molecule has 0 aromatic carbocycles. The molecular weight excluding hydrogens is 1000 g/mol. The van der Waals surface area contributed by atoms with Gasteiger partial charge >= 0.3 is 18.5 Å². The molecule has 16 nitrogen and oxygen atoms in total. The van der Waals surface area contributed by atoms with Crippen molar-refractivity contribution in [2.45, 2.75) is 194 Å². The van der Waals surface area contributed by atoms with E-state index in [0.717, 1.165) is 6.92 Å². The minimum absolute atomic E-state index is 0.0139. The molecule has 0 aromatic rings. The van der Waals surface area contributed by atoms with Crippen LogP contribution in [0.4, 0.5) is 39.5 Å². The number of carbonyl (C=O) groups excluding carboxylic acids is 16. The molecule has 0 aliphatic heterocycles. The average Bonchev–Trinajstić information content (AvgIpc) is 3.16. The molecule has 0 heterocycles. The normalized spacial score (nSPS) is 10.6. The van der Waals surface area contributed by atoms with Crippen LogP contribution in [0, 0.1) is 16.2 Å². The summed E-state index contributed by atoms with van der Waals surface area (Å²) in [7, 11) is 0. The number of alkyl halides is 9. The molecule has 0 rings (SSSR count). The van der Waals surface area contributed by atoms with Crippen molar-refractivity contribution in [3.8, 4) is 0 Å². The van der Waals surface area contributed by atoms with Crippen LogP contribution in [0.1, 0.15) is 175 Å². The summed E-state index contributed by atoms with van der Waals surface area (Å²) in [6.45, 7) is 26.6. The highest BCUT2D eigenvalue weighted by Crippen LogP contribution is 2.24. The van der Waals surface area contributed by atoms with E-state index in [4.69, 9.17) is 0 Å². The van der Waals surface area contributed by atoms with Crippen molar-refractivity contribution in [1.82, 2.24) is 0 Å². The third kappa shape index (κ3) is 68.2. The molecule has 0 fully saturated rings. The van der Waals surface area contributed by atoms with Crippen molar-refractivity contribution in [3.63, 3.8) is 0 Å². The van der Waals surface area contributed by atoms with E-state index in [1.807, 2.05) is 62.3 Å². The minimum Gasteiger partial charge on any atom is -0.303 e. The van der Waals surface area contributed by atoms with E-state index >= 15 is 0 Å². The lowest BCUT2D eigenvalue weighted by Crippen LogP contribution is -2.31. The Kier molecular flexibility index (Phi) is 47.8. The number of halogens is 9. The van der Waals surface area contributed by atoms with Crippen LogP contribution in [-0.2, 0) is 76.7 Å². The van der Waals surface area contributed by atoms with Gasteiger partial charge in [0, 0.05) is 29.1 Å². The van der Waals surface area contributed by atoms with Gasteiger partial charge in [-0.05, 0) is 34.6 Å². The molecule has 0 aliphatic carbocycles. The summed E-state index contributed by atoms with van der Waals surface area (Å²) in [4.78, 5) is 163. The van der Waals surface area contributed by atoms with Crippen molar-refractivity contribution < 1.29 is 116 Å². The van der Waals surface area contributed by atoms with Gasteiger partial charge in [0.15, 0.2) is 0 Å². The lowest BCUT2D eigenvalue weighted by atomic mass is 9.82. The van der Waals surface area contributed by atoms with Crippen LogP contribution in [0.15, 0.2) is 0 Å². The first kappa shape index (κ1) is 83.9. The molecule has 0 N–H and O–H groups in total. The highest BCUT2D eigenvalue weighted by molar-refractivity contribution is 6.04. The molecule has 0 radical (unpaired) electrons. The number of rotatable bonds is 18. The van der Waals surface area contributed by atoms with Gasteiger partial charge in [-0.3, -0.25) is 62.3 Å². The molecule has 422 valence electrons. The second kappa shape index (κ2) is 41.6. The average molecular weight is 1080 g/mol. The van der Waals surface area contributed by atoms with E-state index < -0.39 is 65.3 Å². The number of ketones is 13. The molecule has 0 spiro atoms. The third-order valence-corrected chi connectivity index (χ3v) is 7.16. The SMILES string of the molecule is CC(=O)CC(=O)C(C)(C)C.CC(=O)CC(=O)C(F)(F)F.CC(=O)CC(C)=O.CC(=O)CC=O.CC(C)(C)C(=O)CC(=O)C(C)(C)C.CCC(=O)CC(=O)CC.O=C(CC(=O)C(F)(F)F)C(F)(F)F.O=CCC=O. The molecule has 0 saturated carbocycles. The Balaban J connectivity index is -0.000000112. The van der Waals surface area contributed by atoms with Crippen molar-refractivity contribution in [3.05, 3.63) is 0 Å². The molecule has 0 amide bonds. The molecule has 73 heavy (non-hydrogen) atoms. The summed E-state index contributed by atoms with van der Waals surface area (Å²) in [5, 5.41) is 0. The van der Waals surface area contributed by atoms with Crippen LogP contribution >= 0.6 is 0 Å². The molecule has 0 bridgehead atoms. The van der Waals surface area contributed by atoms with E-state index in [-0.39, 0.29) is 96.0 Å². The Hall–Kier alpha value is -5.91. The lowest BCUT2D eigenvalue weighted by Gasteiger charge is -2.20. The maximum atomic E-state index is 11.5. The molecule has 25 heteroatoms. The highest BCUT2D eigenvalue weighted by atomic mass is 19.4. The van der Waals surface area contributed by atoms with Crippen LogP contribution < -0.4 is 0 Å². The molecular formula is C48H71F9O16. The van der Waals surface area contributed by atoms with Gasteiger partial charge in [0.1, 0.15) is 76.7 Å². The first-order valence-corrected chi connectivity index (χ1v) is 21.5. The van der Waals surface area contributed by atoms with Gasteiger partial charge in [0.05, 0.1) is 51.4 Å². The van der Waals surface area contributed by atoms with Gasteiger partial charge in [-0.1, -0.05) is 76.2 Å². The Morgan fingerprint density at radius 2 is 0.534 bits per heavy atom. The number of hydrogen-bond acceptors (Lipinski definition) is 16. The summed E-state index contributed by atoms with van der Waals surface area (Å²) in [6.07, 6.45) is -15.8. The first-order chi connectivity index (χ1) is 32.3. The van der Waals surface area contributed by atoms with Crippen molar-refractivity contribution in [2.75, 3.05) is 0 Å². The van der Waals surface area contributed by atoms with Crippen LogP contribution in [-0.4, -0.2) is 113 Å². The van der Waals surface area contributed by atoms with Gasteiger partial charge in [-0.2, -0.15) is 39.5 Å². The Morgan fingerprint density at radius 3 is 0.644 bits per heavy atom. The topological polar surface area (TPSA) is 273 Å². The van der Waals surface area contributed by atoms with Gasteiger partial charge in [0.25, 0.3) is 0 Å². The van der Waals surface area contributed by atoms with Crippen LogP contribution in [0.5, 0.6) is 0 Å². The Morgan fingerprint density at radius 1 is 0.315 bits per heavy atom. The standard InChI is InChI=1S/C11H20O2.C8H14O2.C7H12O2.C5H2F6O2.C5H5F3O2.C5H8O2.C4H6O2.C3H4O2/c1-10(2,3)8(12)7-9(13)11(4,5)6;1-6(9)5-7(10)8(2,3)4;1-3-6(8)5-7(9)4-2;6-4(7,8)2(12)1-3(13)5(9,10)11;1-3(9)2-4(10)5(6,7)8;1-4(6)3-5(2)7;1-4(6)2-3-5;4-2-1-3-5/h7H2,1-6H3;5H2,1-4H3;3-5H2,1-2H3;1H2;2H2,1H3;3H2,1-2H3;3H,2H2,1H3;2-3H,1H2. The van der Waals surface area contributed by atoms with Gasteiger partial charge < -0.3 is 14.4 Å². The maximum Gasteiger partial charge on any atom is 0.450 e. The smallest absolute Gasteiger partial charge is 0.303 e. The summed E-state index contributed by atoms with van der Waals surface area (Å²) < 4.78 is 102. The predicted octanol–water partition coefficient (Wildman–Crippen LogP) is 8.75. The lowest BCUT2D eigenvalue weighted by molar-refractivity contribution is -0.182. The zero-order chi connectivity index (χ0) is 60.7. The van der Waals surface area contributed by atoms with Gasteiger partial charge in [0.2, 0.25) is 17.3 Å². The zero-order valence-corrected chi connectivity index (χ0v) is 44.2. The number of Topliss-reactive ketones (excluding diaryl/α,β-unsaturated/α-hetero) is 13. The van der Waals surface area contributed by atoms with Gasteiger partial charge in [-0.15, -0.1) is 0 Å². The van der Waals surface area contributed by atoms with E-state index in [9.17, 15) is 116 Å². The van der Waals surface area contributed by atoms with Crippen molar-refractivity contribution in [1.29, 1.82) is 0 Å². The van der Waals surface area contributed by atoms with Crippen LogP contribution in [0.2, 0.25) is 0 Å². The van der Waals surface area contributed by atoms with Crippen LogP contribution in [0.3, 0.4) is 0 Å². The second-order valence-corrected chi connectivity index (χ2v) is 18.1. The molecule has 0 aliphatic rings. The zero-order valence-electron chi connectivity index (χ0n) is 44.2. The number of carbonyl (C=O) groups is 16. The third-order valence-electron chi connectivity index (χ3n) is 7.16. The fraction of sp³-hybridized carbons (Fsp3) is 0.667. The fourth-order valence-corrected chi connectivity index (χ4v) is 2.82. The molecule has 0 unspecified atom stereocenters. The van der Waals surface area contributed by atoms with Crippen molar-refractivity contribution in [2.24, 2.45) is 16.2 Å². The molecule has 0 saturated heterocycles. The summed E-state index contributed by atoms with van der Waals surface area (Å²) in [5.41, 5.74) is -1.17. The quantitative estimate of drug-likeness (QED) is 0.0704. The maximum absolute atomic E-state index is 11.5. The molecule has 0 atom stereocenters. The number of aldehydes is 3. The van der Waals surface area contributed by atoms with Crippen molar-refractivity contribution >= 4 is 94.0 Å². The first-order valence-electron chi connectivity index (χ1n) is 21.5. The number of hydrogen-bond donors (Lipinski definition) is 0. The fourth-order valence-electron chi connectivity index (χ4n) is 2.82. The van der Waals surface area contributed by atoms with Crippen LogP contribution in [0.25, 0.3) is 0 Å². The second-order valence-electron chi connectivity index (χ2n) is 18.1. The monoisotopic (exact) mass is 1070 g/mol. The van der Waals surface area contributed by atoms with E-state index in [0.29, 0.717) is 31.7 Å². The Labute approximate surface area is 419 Å². The Bertz CT molecular complexity index is 1680. The summed E-state index contributed by atoms with van der Waals surface area (Å²) >= 11 is 0. The van der Waals surface area contributed by atoms with E-state index in [1.54, 1.807) is 13.8 Å². The van der Waals surface area contributed by atoms with E-state index in [2.05, 4.69) is 0 Å². The predicted molar refractivity (Wildman–Crippen MR) is 246 cm³/mol.